The summed E-state index contributed by atoms with van der Waals surface area (Å²) in [6.45, 7) is 7.49. The van der Waals surface area contributed by atoms with Crippen LogP contribution >= 0.6 is 0 Å². The van der Waals surface area contributed by atoms with Crippen LogP contribution in [-0.2, 0) is 16.4 Å². The van der Waals surface area contributed by atoms with Crippen LogP contribution in [0.5, 0.6) is 0 Å². The Morgan fingerprint density at radius 3 is 2.67 bits per heavy atom. The first-order valence-corrected chi connectivity index (χ1v) is 10.9. The van der Waals surface area contributed by atoms with Gasteiger partial charge in [0.1, 0.15) is 0 Å². The van der Waals surface area contributed by atoms with Crippen molar-refractivity contribution in [1.29, 1.82) is 0 Å². The topological polar surface area (TPSA) is 90.9 Å². The minimum atomic E-state index is -3.09. The van der Waals surface area contributed by atoms with Crippen LogP contribution in [0.25, 0.3) is 0 Å². The first kappa shape index (κ1) is 21.2. The number of nitrogens with one attached hydrogen (secondary N) is 2. The van der Waals surface area contributed by atoms with Crippen LogP contribution in [0.15, 0.2) is 29.3 Å². The van der Waals surface area contributed by atoms with Gasteiger partial charge in [-0.05, 0) is 38.0 Å². The standard InChI is InChI=1S/C19H30N4O3S/c1-5-9-21-17(24)16-8-6-7-15(12-16)13-22-18(20-4)23-10-11-27(25,26)19(2,3)14-23/h6-8,12H,5,9-11,13-14H2,1-4H3,(H,20,22)(H,21,24). The zero-order chi connectivity index (χ0) is 20.1. The quantitative estimate of drug-likeness (QED) is 0.582. The minimum Gasteiger partial charge on any atom is -0.352 e. The van der Waals surface area contributed by atoms with Crippen molar-refractivity contribution in [3.05, 3.63) is 35.4 Å². The van der Waals surface area contributed by atoms with E-state index in [1.54, 1.807) is 27.0 Å². The van der Waals surface area contributed by atoms with Gasteiger partial charge in [0, 0.05) is 38.8 Å². The van der Waals surface area contributed by atoms with Gasteiger partial charge in [-0.1, -0.05) is 19.1 Å². The molecule has 150 valence electrons. The van der Waals surface area contributed by atoms with E-state index in [1.807, 2.05) is 30.0 Å². The van der Waals surface area contributed by atoms with E-state index in [-0.39, 0.29) is 11.7 Å². The number of hydrogen-bond acceptors (Lipinski definition) is 4. The number of amides is 1. The molecule has 1 saturated heterocycles. The van der Waals surface area contributed by atoms with Crippen molar-refractivity contribution in [3.8, 4) is 0 Å². The molecule has 7 nitrogen and oxygen atoms in total. The van der Waals surface area contributed by atoms with E-state index in [9.17, 15) is 13.2 Å². The fourth-order valence-electron chi connectivity index (χ4n) is 3.00. The zero-order valence-electron chi connectivity index (χ0n) is 16.6. The van der Waals surface area contributed by atoms with Crippen molar-refractivity contribution in [1.82, 2.24) is 15.5 Å². The van der Waals surface area contributed by atoms with Gasteiger partial charge in [0.05, 0.1) is 10.5 Å². The molecule has 1 fully saturated rings. The molecule has 8 heteroatoms. The first-order chi connectivity index (χ1) is 12.7. The molecule has 1 aliphatic rings. The average Bonchev–Trinajstić information content (AvgIpc) is 2.63. The third kappa shape index (κ3) is 5.22. The average molecular weight is 395 g/mol. The second-order valence-corrected chi connectivity index (χ2v) is 10.1. The van der Waals surface area contributed by atoms with Gasteiger partial charge in [0.2, 0.25) is 0 Å². The Balaban J connectivity index is 2.02. The molecule has 0 unspecified atom stereocenters. The highest BCUT2D eigenvalue weighted by Gasteiger charge is 2.40. The summed E-state index contributed by atoms with van der Waals surface area (Å²) >= 11 is 0. The van der Waals surface area contributed by atoms with Crippen molar-refractivity contribution in [2.45, 2.75) is 38.5 Å². The largest absolute Gasteiger partial charge is 0.352 e. The Morgan fingerprint density at radius 2 is 2.04 bits per heavy atom. The molecular weight excluding hydrogens is 364 g/mol. The highest BCUT2D eigenvalue weighted by molar-refractivity contribution is 7.92. The monoisotopic (exact) mass is 394 g/mol. The van der Waals surface area contributed by atoms with Crippen molar-refractivity contribution in [2.75, 3.05) is 32.4 Å². The number of sulfone groups is 1. The third-order valence-electron chi connectivity index (χ3n) is 4.73. The van der Waals surface area contributed by atoms with Crippen molar-refractivity contribution in [3.63, 3.8) is 0 Å². The molecule has 1 aromatic carbocycles. The molecule has 0 aromatic heterocycles. The van der Waals surface area contributed by atoms with Gasteiger partial charge in [-0.3, -0.25) is 9.79 Å². The maximum atomic E-state index is 12.2. The van der Waals surface area contributed by atoms with Gasteiger partial charge < -0.3 is 15.5 Å². The summed E-state index contributed by atoms with van der Waals surface area (Å²) in [6, 6.07) is 7.45. The first-order valence-electron chi connectivity index (χ1n) is 9.25. The summed E-state index contributed by atoms with van der Waals surface area (Å²) in [4.78, 5) is 18.4. The third-order valence-corrected chi connectivity index (χ3v) is 7.26. The summed E-state index contributed by atoms with van der Waals surface area (Å²) < 4.78 is 23.6. The normalized spacial score (nSPS) is 18.8. The van der Waals surface area contributed by atoms with Crippen LogP contribution in [-0.4, -0.2) is 62.4 Å². The van der Waals surface area contributed by atoms with Crippen LogP contribution < -0.4 is 10.6 Å². The number of carbonyl (C=O) groups excluding carboxylic acids is 1. The van der Waals surface area contributed by atoms with Crippen LogP contribution in [0.1, 0.15) is 43.1 Å². The SMILES string of the molecule is CCCNC(=O)c1cccc(CNC(=NC)N2CCS(=O)(=O)C(C)(C)C2)c1. The van der Waals surface area contributed by atoms with Gasteiger partial charge in [-0.15, -0.1) is 0 Å². The van der Waals surface area contributed by atoms with Crippen molar-refractivity contribution < 1.29 is 13.2 Å². The Morgan fingerprint density at radius 1 is 1.30 bits per heavy atom. The number of benzene rings is 1. The Labute approximate surface area is 162 Å². The Kier molecular flexibility index (Phi) is 6.86. The van der Waals surface area contributed by atoms with Gasteiger partial charge in [-0.25, -0.2) is 8.42 Å². The predicted octanol–water partition coefficient (Wildman–Crippen LogP) is 1.41. The van der Waals surface area contributed by atoms with Crippen LogP contribution in [0.3, 0.4) is 0 Å². The summed E-state index contributed by atoms with van der Waals surface area (Å²) in [6.07, 6.45) is 0.894. The highest BCUT2D eigenvalue weighted by Crippen LogP contribution is 2.23. The number of aliphatic imine (C=N–C) groups is 1. The number of nitrogens with zero attached hydrogens (tertiary/aromatic N) is 2. The lowest BCUT2D eigenvalue weighted by molar-refractivity contribution is 0.0953. The number of hydrogen-bond donors (Lipinski definition) is 2. The van der Waals surface area contributed by atoms with Gasteiger partial charge in [-0.2, -0.15) is 0 Å². The Hall–Kier alpha value is -2.09. The second-order valence-electron chi connectivity index (χ2n) is 7.36. The summed E-state index contributed by atoms with van der Waals surface area (Å²) in [5, 5.41) is 6.15. The molecular formula is C19H30N4O3S. The molecule has 1 aromatic rings. The molecule has 1 amide bonds. The van der Waals surface area contributed by atoms with E-state index in [0.29, 0.717) is 37.7 Å². The van der Waals surface area contributed by atoms with E-state index in [4.69, 9.17) is 0 Å². The van der Waals surface area contributed by atoms with Crippen LogP contribution in [0, 0.1) is 0 Å². The van der Waals surface area contributed by atoms with E-state index in [2.05, 4.69) is 15.6 Å². The minimum absolute atomic E-state index is 0.0777. The molecule has 0 bridgehead atoms. The van der Waals surface area contributed by atoms with Crippen LogP contribution in [0.4, 0.5) is 0 Å². The summed E-state index contributed by atoms with van der Waals surface area (Å²) in [5.41, 5.74) is 1.59. The molecule has 1 heterocycles. The van der Waals surface area contributed by atoms with Crippen molar-refractivity contribution >= 4 is 21.7 Å². The molecule has 27 heavy (non-hydrogen) atoms. The lowest BCUT2D eigenvalue weighted by Crippen LogP contribution is -2.57. The van der Waals surface area contributed by atoms with E-state index in [1.165, 1.54) is 0 Å². The number of guanidine groups is 1. The molecule has 1 aliphatic heterocycles. The lowest BCUT2D eigenvalue weighted by atomic mass is 10.1. The predicted molar refractivity (Wildman–Crippen MR) is 109 cm³/mol. The fourth-order valence-corrected chi connectivity index (χ4v) is 4.37. The molecule has 0 saturated carbocycles. The molecule has 2 N–H and O–H groups in total. The van der Waals surface area contributed by atoms with Gasteiger partial charge in [0.15, 0.2) is 15.8 Å². The molecule has 0 aliphatic carbocycles. The second kappa shape index (κ2) is 8.73. The van der Waals surface area contributed by atoms with Crippen molar-refractivity contribution in [2.24, 2.45) is 4.99 Å². The zero-order valence-corrected chi connectivity index (χ0v) is 17.4. The van der Waals surface area contributed by atoms with Gasteiger partial charge >= 0.3 is 0 Å². The molecule has 0 radical (unpaired) electrons. The summed E-state index contributed by atoms with van der Waals surface area (Å²) in [7, 11) is -1.41. The molecule has 2 rings (SSSR count). The smallest absolute Gasteiger partial charge is 0.251 e. The highest BCUT2D eigenvalue weighted by atomic mass is 32.2. The molecule has 0 atom stereocenters. The van der Waals surface area contributed by atoms with Gasteiger partial charge in [0.25, 0.3) is 5.91 Å². The maximum absolute atomic E-state index is 12.2. The van der Waals surface area contributed by atoms with Crippen LogP contribution in [0.2, 0.25) is 0 Å². The van der Waals surface area contributed by atoms with E-state index in [0.717, 1.165) is 12.0 Å². The number of rotatable bonds is 5. The fraction of sp³-hybridized carbons (Fsp3) is 0.579. The lowest BCUT2D eigenvalue weighted by Gasteiger charge is -2.39. The van der Waals surface area contributed by atoms with E-state index >= 15 is 0 Å². The van der Waals surface area contributed by atoms with E-state index < -0.39 is 14.6 Å². The number of carbonyl (C=O) groups is 1. The molecule has 0 spiro atoms. The maximum Gasteiger partial charge on any atom is 0.251 e. The Bertz CT molecular complexity index is 803. The summed E-state index contributed by atoms with van der Waals surface area (Å²) in [5.74, 6) is 0.707.